The second-order valence-corrected chi connectivity index (χ2v) is 6.65. The van der Waals surface area contributed by atoms with E-state index in [0.29, 0.717) is 17.5 Å². The van der Waals surface area contributed by atoms with Gasteiger partial charge < -0.3 is 15.5 Å². The van der Waals surface area contributed by atoms with E-state index < -0.39 is 0 Å². The molecule has 0 aromatic heterocycles. The molecular formula is C20H25ClN4O. The van der Waals surface area contributed by atoms with E-state index in [2.05, 4.69) is 15.6 Å². The zero-order valence-corrected chi connectivity index (χ0v) is 16.1. The minimum Gasteiger partial charge on any atom is -0.350 e. The summed E-state index contributed by atoms with van der Waals surface area (Å²) in [4.78, 5) is 18.0. The molecule has 0 fully saturated rings. The molecule has 0 aliphatic carbocycles. The molecule has 0 saturated heterocycles. The van der Waals surface area contributed by atoms with E-state index in [-0.39, 0.29) is 18.5 Å². The number of guanidine groups is 1. The molecular weight excluding hydrogens is 348 g/mol. The Bertz CT molecular complexity index is 729. The fourth-order valence-corrected chi connectivity index (χ4v) is 2.39. The maximum Gasteiger partial charge on any atom is 0.241 e. The number of halogens is 1. The molecule has 2 aromatic rings. The van der Waals surface area contributed by atoms with Gasteiger partial charge in [-0.25, -0.2) is 4.99 Å². The van der Waals surface area contributed by atoms with Gasteiger partial charge in [0.05, 0.1) is 19.1 Å². The third-order valence-corrected chi connectivity index (χ3v) is 4.14. The number of likely N-dealkylation sites (N-methyl/N-ethyl adjacent to an activating group) is 1. The Morgan fingerprint density at radius 1 is 1.12 bits per heavy atom. The quantitative estimate of drug-likeness (QED) is 0.604. The van der Waals surface area contributed by atoms with Crippen LogP contribution >= 0.6 is 11.6 Å². The number of rotatable bonds is 6. The van der Waals surface area contributed by atoms with E-state index in [9.17, 15) is 4.79 Å². The number of nitrogens with zero attached hydrogens (tertiary/aromatic N) is 2. The average molecular weight is 373 g/mol. The Hall–Kier alpha value is -2.53. The monoisotopic (exact) mass is 372 g/mol. The van der Waals surface area contributed by atoms with Crippen molar-refractivity contribution < 1.29 is 4.79 Å². The van der Waals surface area contributed by atoms with Crippen molar-refractivity contribution in [3.8, 4) is 0 Å². The van der Waals surface area contributed by atoms with Crippen molar-refractivity contribution in [1.82, 2.24) is 15.5 Å². The molecule has 1 atom stereocenters. The van der Waals surface area contributed by atoms with Gasteiger partial charge in [0.1, 0.15) is 0 Å². The van der Waals surface area contributed by atoms with Crippen molar-refractivity contribution >= 4 is 23.5 Å². The lowest BCUT2D eigenvalue weighted by molar-refractivity contribution is -0.127. The number of benzene rings is 2. The standard InChI is InChI=1S/C20H25ClN4O/c1-15(17-9-11-18(21)12-10-17)24-20(23-14-19(26)25(2)3)22-13-16-7-5-4-6-8-16/h4-12,15H,13-14H2,1-3H3,(H2,22,23,24). The summed E-state index contributed by atoms with van der Waals surface area (Å²) in [6, 6.07) is 17.7. The third kappa shape index (κ3) is 6.41. The van der Waals surface area contributed by atoms with Gasteiger partial charge in [0.15, 0.2) is 5.96 Å². The molecule has 2 aromatic carbocycles. The fourth-order valence-electron chi connectivity index (χ4n) is 2.26. The molecule has 1 amide bonds. The predicted octanol–water partition coefficient (Wildman–Crippen LogP) is 3.22. The van der Waals surface area contributed by atoms with Crippen molar-refractivity contribution in [3.63, 3.8) is 0 Å². The van der Waals surface area contributed by atoms with Gasteiger partial charge >= 0.3 is 0 Å². The Kier molecular flexibility index (Phi) is 7.48. The third-order valence-electron chi connectivity index (χ3n) is 3.89. The molecule has 5 nitrogen and oxygen atoms in total. The summed E-state index contributed by atoms with van der Waals surface area (Å²) < 4.78 is 0. The Morgan fingerprint density at radius 2 is 1.77 bits per heavy atom. The molecule has 138 valence electrons. The van der Waals surface area contributed by atoms with Crippen LogP contribution in [0, 0.1) is 0 Å². The number of aliphatic imine (C=N–C) groups is 1. The highest BCUT2D eigenvalue weighted by atomic mass is 35.5. The molecule has 0 radical (unpaired) electrons. The van der Waals surface area contributed by atoms with E-state index in [1.165, 1.54) is 0 Å². The molecule has 26 heavy (non-hydrogen) atoms. The van der Waals surface area contributed by atoms with Gasteiger partial charge in [-0.3, -0.25) is 4.79 Å². The maximum absolute atomic E-state index is 11.9. The molecule has 0 saturated carbocycles. The molecule has 0 bridgehead atoms. The molecule has 0 heterocycles. The lowest BCUT2D eigenvalue weighted by Crippen LogP contribution is -2.43. The first-order valence-electron chi connectivity index (χ1n) is 8.50. The number of nitrogens with one attached hydrogen (secondary N) is 2. The van der Waals surface area contributed by atoms with Gasteiger partial charge in [-0.2, -0.15) is 0 Å². The number of carbonyl (C=O) groups excluding carboxylic acids is 1. The van der Waals surface area contributed by atoms with Crippen LogP contribution in [0.1, 0.15) is 24.1 Å². The first-order chi connectivity index (χ1) is 12.5. The number of amides is 1. The van der Waals surface area contributed by atoms with Crippen LogP contribution in [0.2, 0.25) is 5.02 Å². The number of hydrogen-bond acceptors (Lipinski definition) is 2. The minimum absolute atomic E-state index is 0.0154. The topological polar surface area (TPSA) is 56.7 Å². The van der Waals surface area contributed by atoms with Gasteiger partial charge in [-0.15, -0.1) is 0 Å². The summed E-state index contributed by atoms with van der Waals surface area (Å²) in [5, 5.41) is 7.15. The summed E-state index contributed by atoms with van der Waals surface area (Å²) in [5.41, 5.74) is 2.19. The maximum atomic E-state index is 11.9. The first-order valence-corrected chi connectivity index (χ1v) is 8.88. The van der Waals surface area contributed by atoms with Crippen molar-refractivity contribution in [3.05, 3.63) is 70.7 Å². The first kappa shape index (κ1) is 19.8. The van der Waals surface area contributed by atoms with Crippen LogP contribution in [0.25, 0.3) is 0 Å². The minimum atomic E-state index is -0.0154. The second kappa shape index (κ2) is 9.82. The van der Waals surface area contributed by atoms with Gasteiger partial charge in [0.2, 0.25) is 5.91 Å². The lowest BCUT2D eigenvalue weighted by Gasteiger charge is -2.19. The summed E-state index contributed by atoms with van der Waals surface area (Å²) in [5.74, 6) is 0.574. The highest BCUT2D eigenvalue weighted by Crippen LogP contribution is 2.16. The van der Waals surface area contributed by atoms with Gasteiger partial charge in [0, 0.05) is 19.1 Å². The normalized spacial score (nSPS) is 12.4. The van der Waals surface area contributed by atoms with Crippen LogP contribution in [0.3, 0.4) is 0 Å². The van der Waals surface area contributed by atoms with E-state index in [0.717, 1.165) is 11.1 Å². The molecule has 2 rings (SSSR count). The van der Waals surface area contributed by atoms with Gasteiger partial charge in [-0.1, -0.05) is 54.1 Å². The van der Waals surface area contributed by atoms with Crippen molar-refractivity contribution in [2.45, 2.75) is 19.5 Å². The summed E-state index contributed by atoms with van der Waals surface area (Å²) in [7, 11) is 3.46. The van der Waals surface area contributed by atoms with Crippen molar-refractivity contribution in [1.29, 1.82) is 0 Å². The fraction of sp³-hybridized carbons (Fsp3) is 0.300. The number of hydrogen-bond donors (Lipinski definition) is 2. The SMILES string of the molecule is CC(NC(=NCc1ccccc1)NCC(=O)N(C)C)c1ccc(Cl)cc1. The van der Waals surface area contributed by atoms with Crippen molar-refractivity contribution in [2.24, 2.45) is 4.99 Å². The molecule has 0 aliphatic rings. The van der Waals surface area contributed by atoms with Crippen LogP contribution in [-0.4, -0.2) is 37.4 Å². The van der Waals surface area contributed by atoms with E-state index in [1.54, 1.807) is 19.0 Å². The van der Waals surface area contributed by atoms with Crippen LogP contribution in [0.5, 0.6) is 0 Å². The lowest BCUT2D eigenvalue weighted by atomic mass is 10.1. The van der Waals surface area contributed by atoms with Crippen molar-refractivity contribution in [2.75, 3.05) is 20.6 Å². The zero-order chi connectivity index (χ0) is 18.9. The smallest absolute Gasteiger partial charge is 0.241 e. The molecule has 0 spiro atoms. The Morgan fingerprint density at radius 3 is 2.38 bits per heavy atom. The van der Waals surface area contributed by atoms with Gasteiger partial charge in [-0.05, 0) is 30.2 Å². The number of carbonyl (C=O) groups is 1. The van der Waals surface area contributed by atoms with E-state index in [1.807, 2.05) is 61.5 Å². The summed E-state index contributed by atoms with van der Waals surface area (Å²) in [6.45, 7) is 2.75. The van der Waals surface area contributed by atoms with Crippen LogP contribution in [0.15, 0.2) is 59.6 Å². The molecule has 6 heteroatoms. The van der Waals surface area contributed by atoms with Crippen LogP contribution in [0.4, 0.5) is 0 Å². The van der Waals surface area contributed by atoms with E-state index >= 15 is 0 Å². The highest BCUT2D eigenvalue weighted by molar-refractivity contribution is 6.30. The average Bonchev–Trinajstić information content (AvgIpc) is 2.64. The summed E-state index contributed by atoms with van der Waals surface area (Å²) in [6.07, 6.45) is 0. The Labute approximate surface area is 160 Å². The van der Waals surface area contributed by atoms with E-state index in [4.69, 9.17) is 11.6 Å². The largest absolute Gasteiger partial charge is 0.350 e. The van der Waals surface area contributed by atoms with Crippen LogP contribution < -0.4 is 10.6 Å². The second-order valence-electron chi connectivity index (χ2n) is 6.21. The predicted molar refractivity (Wildman–Crippen MR) is 107 cm³/mol. The van der Waals surface area contributed by atoms with Crippen LogP contribution in [-0.2, 0) is 11.3 Å². The Balaban J connectivity index is 2.08. The molecule has 0 aliphatic heterocycles. The molecule has 1 unspecified atom stereocenters. The van der Waals surface area contributed by atoms with Gasteiger partial charge in [0.25, 0.3) is 0 Å². The molecule has 2 N–H and O–H groups in total. The highest BCUT2D eigenvalue weighted by Gasteiger charge is 2.10. The zero-order valence-electron chi connectivity index (χ0n) is 15.4. The summed E-state index contributed by atoms with van der Waals surface area (Å²) >= 11 is 5.96.